The molecular formula is C17H20F12O3. The van der Waals surface area contributed by atoms with E-state index in [2.05, 4.69) is 20.8 Å². The second kappa shape index (κ2) is 9.47. The fraction of sp³-hybridized carbons (Fsp3) is 0.882. The molecule has 1 saturated carbocycles. The van der Waals surface area contributed by atoms with Gasteiger partial charge in [-0.3, -0.25) is 0 Å². The normalized spacial score (nSPS) is 22.0. The molecule has 1 fully saturated rings. The van der Waals surface area contributed by atoms with Crippen LogP contribution in [0, 0.1) is 11.8 Å². The zero-order valence-electron chi connectivity index (χ0n) is 16.4. The second-order valence-corrected chi connectivity index (χ2v) is 7.05. The van der Waals surface area contributed by atoms with Gasteiger partial charge in [-0.15, -0.1) is 0 Å². The first-order valence-corrected chi connectivity index (χ1v) is 9.10. The lowest BCUT2D eigenvalue weighted by Gasteiger charge is -2.48. The van der Waals surface area contributed by atoms with E-state index in [9.17, 15) is 52.7 Å². The number of ether oxygens (including phenoxy) is 3. The van der Waals surface area contributed by atoms with Gasteiger partial charge in [0.25, 0.3) is 11.2 Å². The maximum Gasteiger partial charge on any atom is 0.437 e. The molecule has 0 bridgehead atoms. The van der Waals surface area contributed by atoms with Crippen LogP contribution in [-0.2, 0) is 14.2 Å². The van der Waals surface area contributed by atoms with Crippen LogP contribution in [0.5, 0.6) is 0 Å². The van der Waals surface area contributed by atoms with E-state index in [1.807, 2.05) is 0 Å². The highest BCUT2D eigenvalue weighted by atomic mass is 19.4. The van der Waals surface area contributed by atoms with Crippen molar-refractivity contribution in [1.82, 2.24) is 0 Å². The predicted molar refractivity (Wildman–Crippen MR) is 84.0 cm³/mol. The Labute approximate surface area is 174 Å². The van der Waals surface area contributed by atoms with Gasteiger partial charge in [0.15, 0.2) is 0 Å². The average molecular weight is 500 g/mol. The standard InChI is InChI=1S/C17H20F12O3/c1-3-30-9-32-13(16(24,25)26,17(27,28)29)11-7-5-10(6-8-11)12(31-4-2,14(18,19)20)15(21,22)23/h4,10-11H,2-3,5-9H2,1H3. The summed E-state index contributed by atoms with van der Waals surface area (Å²) < 4.78 is 175. The fourth-order valence-electron chi connectivity index (χ4n) is 4.01. The van der Waals surface area contributed by atoms with Gasteiger partial charge in [0.1, 0.15) is 6.79 Å². The summed E-state index contributed by atoms with van der Waals surface area (Å²) >= 11 is 0. The van der Waals surface area contributed by atoms with Crippen molar-refractivity contribution in [2.24, 2.45) is 11.8 Å². The van der Waals surface area contributed by atoms with Crippen LogP contribution in [0.15, 0.2) is 12.8 Å². The van der Waals surface area contributed by atoms with Crippen LogP contribution in [0.25, 0.3) is 0 Å². The molecule has 0 unspecified atom stereocenters. The minimum atomic E-state index is -6.08. The Morgan fingerprint density at radius 2 is 1.03 bits per heavy atom. The molecular weight excluding hydrogens is 480 g/mol. The van der Waals surface area contributed by atoms with Gasteiger partial charge in [0.2, 0.25) is 0 Å². The molecule has 15 heteroatoms. The molecule has 0 aromatic heterocycles. The molecule has 0 saturated heterocycles. The smallest absolute Gasteiger partial charge is 0.437 e. The van der Waals surface area contributed by atoms with Crippen molar-refractivity contribution < 1.29 is 66.9 Å². The molecule has 1 aliphatic rings. The average Bonchev–Trinajstić information content (AvgIpc) is 2.59. The number of rotatable bonds is 8. The van der Waals surface area contributed by atoms with Gasteiger partial charge >= 0.3 is 24.7 Å². The van der Waals surface area contributed by atoms with Gasteiger partial charge in [0, 0.05) is 18.4 Å². The summed E-state index contributed by atoms with van der Waals surface area (Å²) in [6.45, 7) is 2.18. The molecule has 1 aliphatic carbocycles. The molecule has 0 aliphatic heterocycles. The summed E-state index contributed by atoms with van der Waals surface area (Å²) in [5.41, 5.74) is -9.67. The number of alkyl halides is 12. The molecule has 0 aromatic carbocycles. The van der Waals surface area contributed by atoms with Crippen molar-refractivity contribution in [2.75, 3.05) is 13.4 Å². The Bertz CT molecular complexity index is 584. The molecule has 0 spiro atoms. The Hall–Kier alpha value is -1.38. The molecule has 0 atom stereocenters. The SMILES string of the molecule is C=COC(C1CCC(C(OCOCC)(C(F)(F)F)C(F)(F)F)CC1)(C(F)(F)F)C(F)(F)F. The van der Waals surface area contributed by atoms with Gasteiger partial charge in [-0.1, -0.05) is 6.58 Å². The van der Waals surface area contributed by atoms with Crippen molar-refractivity contribution in [3.8, 4) is 0 Å². The molecule has 0 aromatic rings. The molecule has 0 radical (unpaired) electrons. The van der Waals surface area contributed by atoms with Gasteiger partial charge in [-0.25, -0.2) is 0 Å². The third kappa shape index (κ3) is 4.92. The zero-order valence-corrected chi connectivity index (χ0v) is 16.4. The molecule has 32 heavy (non-hydrogen) atoms. The minimum Gasteiger partial charge on any atom is -0.477 e. The molecule has 1 rings (SSSR count). The van der Waals surface area contributed by atoms with Crippen molar-refractivity contribution >= 4 is 0 Å². The lowest BCUT2D eigenvalue weighted by atomic mass is 9.67. The highest BCUT2D eigenvalue weighted by Gasteiger charge is 2.79. The number of hydrogen-bond acceptors (Lipinski definition) is 3. The number of halogens is 12. The van der Waals surface area contributed by atoms with Gasteiger partial charge in [0.05, 0.1) is 6.26 Å². The highest BCUT2D eigenvalue weighted by Crippen LogP contribution is 2.59. The van der Waals surface area contributed by atoms with E-state index < -0.39 is 80.2 Å². The van der Waals surface area contributed by atoms with E-state index in [-0.39, 0.29) is 12.9 Å². The first-order valence-electron chi connectivity index (χ1n) is 9.10. The van der Waals surface area contributed by atoms with E-state index in [1.54, 1.807) is 0 Å². The van der Waals surface area contributed by atoms with Crippen LogP contribution in [0.2, 0.25) is 0 Å². The summed E-state index contributed by atoms with van der Waals surface area (Å²) in [6.07, 6.45) is -29.6. The molecule has 3 nitrogen and oxygen atoms in total. The lowest BCUT2D eigenvalue weighted by Crippen LogP contribution is -2.66. The topological polar surface area (TPSA) is 27.7 Å². The molecule has 0 N–H and O–H groups in total. The van der Waals surface area contributed by atoms with Crippen LogP contribution in [0.3, 0.4) is 0 Å². The minimum absolute atomic E-state index is 0.117. The van der Waals surface area contributed by atoms with Gasteiger partial charge in [-0.2, -0.15) is 52.7 Å². The quantitative estimate of drug-likeness (QED) is 0.161. The summed E-state index contributed by atoms with van der Waals surface area (Å²) in [6, 6.07) is 0. The maximum absolute atomic E-state index is 13.6. The Balaban J connectivity index is 3.39. The molecule has 0 heterocycles. The molecule has 190 valence electrons. The van der Waals surface area contributed by atoms with Crippen LogP contribution in [-0.4, -0.2) is 49.3 Å². The Morgan fingerprint density at radius 1 is 0.688 bits per heavy atom. The molecule has 0 amide bonds. The first-order chi connectivity index (χ1) is 14.3. The first kappa shape index (κ1) is 28.7. The summed E-state index contributed by atoms with van der Waals surface area (Å²) in [7, 11) is 0. The van der Waals surface area contributed by atoms with Crippen molar-refractivity contribution in [2.45, 2.75) is 68.5 Å². The third-order valence-corrected chi connectivity index (χ3v) is 5.40. The Morgan fingerprint density at radius 3 is 1.31 bits per heavy atom. The van der Waals surface area contributed by atoms with Gasteiger partial charge in [-0.05, 0) is 32.6 Å². The third-order valence-electron chi connectivity index (χ3n) is 5.40. The van der Waals surface area contributed by atoms with E-state index >= 15 is 0 Å². The Kier molecular flexibility index (Phi) is 8.48. The maximum atomic E-state index is 13.6. The van der Waals surface area contributed by atoms with Crippen LogP contribution in [0.1, 0.15) is 32.6 Å². The van der Waals surface area contributed by atoms with Crippen LogP contribution < -0.4 is 0 Å². The fourth-order valence-corrected chi connectivity index (χ4v) is 4.01. The van der Waals surface area contributed by atoms with Crippen molar-refractivity contribution in [1.29, 1.82) is 0 Å². The van der Waals surface area contributed by atoms with Crippen molar-refractivity contribution in [3.63, 3.8) is 0 Å². The number of hydrogen-bond donors (Lipinski definition) is 0. The van der Waals surface area contributed by atoms with Gasteiger partial charge < -0.3 is 14.2 Å². The summed E-state index contributed by atoms with van der Waals surface area (Å²) in [5, 5.41) is 0. The van der Waals surface area contributed by atoms with Crippen LogP contribution >= 0.6 is 0 Å². The second-order valence-electron chi connectivity index (χ2n) is 7.05. The van der Waals surface area contributed by atoms with Crippen molar-refractivity contribution in [3.05, 3.63) is 12.8 Å². The highest BCUT2D eigenvalue weighted by molar-refractivity contribution is 5.07. The summed E-state index contributed by atoms with van der Waals surface area (Å²) in [4.78, 5) is 0. The van der Waals surface area contributed by atoms with E-state index in [0.29, 0.717) is 0 Å². The largest absolute Gasteiger partial charge is 0.477 e. The van der Waals surface area contributed by atoms with Crippen LogP contribution in [0.4, 0.5) is 52.7 Å². The van der Waals surface area contributed by atoms with E-state index in [0.717, 1.165) is 0 Å². The monoisotopic (exact) mass is 500 g/mol. The van der Waals surface area contributed by atoms with E-state index in [1.165, 1.54) is 6.92 Å². The zero-order chi connectivity index (χ0) is 25.2. The van der Waals surface area contributed by atoms with E-state index in [4.69, 9.17) is 0 Å². The predicted octanol–water partition coefficient (Wildman–Crippen LogP) is 6.69. The summed E-state index contributed by atoms with van der Waals surface area (Å²) in [5.74, 6) is -5.02. The lowest BCUT2D eigenvalue weighted by molar-refractivity contribution is -0.415.